The van der Waals surface area contributed by atoms with Crippen LogP contribution in [-0.2, 0) is 15.9 Å². The number of amides is 2. The Labute approximate surface area is 230 Å². The highest BCUT2D eigenvalue weighted by molar-refractivity contribution is 5.94. The average Bonchev–Trinajstić information content (AvgIpc) is 3.32. The van der Waals surface area contributed by atoms with Crippen molar-refractivity contribution in [1.82, 2.24) is 15.2 Å². The van der Waals surface area contributed by atoms with Crippen molar-refractivity contribution in [3.63, 3.8) is 0 Å². The van der Waals surface area contributed by atoms with E-state index < -0.39 is 11.7 Å². The molecule has 2 N–H and O–H groups in total. The Morgan fingerprint density at radius 3 is 2.56 bits per heavy atom. The number of aromatic nitrogens is 1. The third-order valence-electron chi connectivity index (χ3n) is 7.09. The van der Waals surface area contributed by atoms with Crippen LogP contribution in [0.1, 0.15) is 86.8 Å². The summed E-state index contributed by atoms with van der Waals surface area (Å²) >= 11 is 0. The van der Waals surface area contributed by atoms with Gasteiger partial charge in [0.15, 0.2) is 0 Å². The fraction of sp³-hybridized carbons (Fsp3) is 0.567. The first kappa shape index (κ1) is 28.7. The molecule has 1 saturated carbocycles. The van der Waals surface area contributed by atoms with Crippen LogP contribution in [-0.4, -0.2) is 54.6 Å². The van der Waals surface area contributed by atoms with Gasteiger partial charge in [0, 0.05) is 18.8 Å². The zero-order valence-corrected chi connectivity index (χ0v) is 23.3. The number of hydrogen-bond acceptors (Lipinski definition) is 6. The first-order valence-electron chi connectivity index (χ1n) is 14.0. The molecular formula is C30H41N3O6. The Hall–Kier alpha value is -3.33. The molecule has 1 aromatic heterocycles. The van der Waals surface area contributed by atoms with Crippen molar-refractivity contribution in [1.29, 1.82) is 0 Å². The molecule has 2 aliphatic rings. The zero-order chi connectivity index (χ0) is 27.8. The molecule has 9 heteroatoms. The number of hydrogen-bond donors (Lipinski definition) is 2. The van der Waals surface area contributed by atoms with Crippen LogP contribution in [0.25, 0.3) is 0 Å². The molecule has 1 unspecified atom stereocenters. The van der Waals surface area contributed by atoms with Gasteiger partial charge in [0.2, 0.25) is 0 Å². The van der Waals surface area contributed by atoms with E-state index >= 15 is 0 Å². The predicted octanol–water partition coefficient (Wildman–Crippen LogP) is 4.37. The van der Waals surface area contributed by atoms with E-state index in [1.54, 1.807) is 22.9 Å². The molecule has 1 atom stereocenters. The molecule has 9 nitrogen and oxygen atoms in total. The summed E-state index contributed by atoms with van der Waals surface area (Å²) in [6, 6.07) is 9.30. The van der Waals surface area contributed by atoms with Crippen LogP contribution in [0.4, 0.5) is 4.79 Å². The van der Waals surface area contributed by atoms with Gasteiger partial charge in [-0.15, -0.1) is 0 Å². The van der Waals surface area contributed by atoms with Crippen molar-refractivity contribution in [2.75, 3.05) is 26.4 Å². The fourth-order valence-corrected chi connectivity index (χ4v) is 5.31. The molecule has 2 amide bonds. The molecule has 0 saturated heterocycles. The van der Waals surface area contributed by atoms with Gasteiger partial charge in [0.05, 0.1) is 19.3 Å². The normalized spacial score (nSPS) is 17.4. The van der Waals surface area contributed by atoms with Gasteiger partial charge in [0.25, 0.3) is 11.5 Å². The second kappa shape index (κ2) is 13.2. The van der Waals surface area contributed by atoms with Crippen molar-refractivity contribution in [3.05, 3.63) is 63.6 Å². The van der Waals surface area contributed by atoms with Crippen molar-refractivity contribution in [2.45, 2.75) is 83.4 Å². The number of nitrogens with zero attached hydrogens (tertiary/aromatic N) is 1. The Morgan fingerprint density at radius 2 is 1.79 bits per heavy atom. The lowest BCUT2D eigenvalue weighted by atomic mass is 9.95. The van der Waals surface area contributed by atoms with Crippen molar-refractivity contribution >= 4 is 12.0 Å². The van der Waals surface area contributed by atoms with Crippen molar-refractivity contribution < 1.29 is 23.8 Å². The number of benzene rings is 1. The number of carbonyl (C=O) groups is 2. The lowest BCUT2D eigenvalue weighted by Gasteiger charge is -2.23. The monoisotopic (exact) mass is 539 g/mol. The van der Waals surface area contributed by atoms with Gasteiger partial charge >= 0.3 is 6.09 Å². The predicted molar refractivity (Wildman–Crippen MR) is 148 cm³/mol. The zero-order valence-electron chi connectivity index (χ0n) is 23.3. The van der Waals surface area contributed by atoms with E-state index in [9.17, 15) is 14.4 Å². The van der Waals surface area contributed by atoms with Gasteiger partial charge in [-0.1, -0.05) is 31.4 Å². The molecule has 1 aromatic carbocycles. The van der Waals surface area contributed by atoms with Crippen LogP contribution in [0.3, 0.4) is 0 Å². The van der Waals surface area contributed by atoms with E-state index in [0.717, 1.165) is 55.4 Å². The van der Waals surface area contributed by atoms with Crippen LogP contribution in [0, 0.1) is 0 Å². The van der Waals surface area contributed by atoms with Gasteiger partial charge in [0.1, 0.15) is 23.5 Å². The fourth-order valence-electron chi connectivity index (χ4n) is 5.31. The average molecular weight is 540 g/mol. The minimum absolute atomic E-state index is 0.145. The summed E-state index contributed by atoms with van der Waals surface area (Å²) in [4.78, 5) is 37.9. The second-order valence-electron chi connectivity index (χ2n) is 11.2. The summed E-state index contributed by atoms with van der Waals surface area (Å²) in [6.07, 6.45) is 8.22. The van der Waals surface area contributed by atoms with E-state index in [2.05, 4.69) is 10.6 Å². The molecule has 0 spiro atoms. The summed E-state index contributed by atoms with van der Waals surface area (Å²) in [6.45, 7) is 6.89. The van der Waals surface area contributed by atoms with Crippen LogP contribution in [0.5, 0.6) is 5.75 Å². The van der Waals surface area contributed by atoms with Crippen LogP contribution < -0.4 is 20.9 Å². The maximum absolute atomic E-state index is 13.4. The third kappa shape index (κ3) is 7.85. The molecule has 0 radical (unpaired) electrons. The van der Waals surface area contributed by atoms with Crippen molar-refractivity contribution in [2.24, 2.45) is 0 Å². The molecule has 2 aliphatic carbocycles. The Balaban J connectivity index is 1.31. The number of rotatable bonds is 10. The lowest BCUT2D eigenvalue weighted by molar-refractivity contribution is 0.0488. The first-order valence-corrected chi connectivity index (χ1v) is 14.0. The highest BCUT2D eigenvalue weighted by Crippen LogP contribution is 2.38. The van der Waals surface area contributed by atoms with E-state index in [-0.39, 0.29) is 29.1 Å². The quantitative estimate of drug-likeness (QED) is 0.434. The van der Waals surface area contributed by atoms with Crippen molar-refractivity contribution in [3.8, 4) is 5.75 Å². The number of ether oxygens (including phenoxy) is 3. The second-order valence-corrected chi connectivity index (χ2v) is 11.2. The Kier molecular flexibility index (Phi) is 9.67. The maximum atomic E-state index is 13.4. The summed E-state index contributed by atoms with van der Waals surface area (Å²) in [5.41, 5.74) is 1.53. The van der Waals surface area contributed by atoms with Crippen LogP contribution in [0.15, 0.2) is 41.3 Å². The minimum atomic E-state index is -0.534. The number of alkyl carbamates (subject to hydrolysis) is 1. The summed E-state index contributed by atoms with van der Waals surface area (Å²) < 4.78 is 18.5. The highest BCUT2D eigenvalue weighted by Gasteiger charge is 2.28. The molecule has 0 bridgehead atoms. The molecule has 1 fully saturated rings. The largest absolute Gasteiger partial charge is 0.491 e. The molecule has 2 aromatic rings. The number of carbonyl (C=O) groups excluding carboxylic acids is 2. The minimum Gasteiger partial charge on any atom is -0.491 e. The Bertz CT molecular complexity index is 1200. The molecular weight excluding hydrogens is 498 g/mol. The lowest BCUT2D eigenvalue weighted by Crippen LogP contribution is -2.40. The van der Waals surface area contributed by atoms with Gasteiger partial charge in [-0.25, -0.2) is 4.79 Å². The maximum Gasteiger partial charge on any atom is 0.407 e. The van der Waals surface area contributed by atoms with Gasteiger partial charge in [-0.05, 0) is 75.8 Å². The molecule has 212 valence electrons. The summed E-state index contributed by atoms with van der Waals surface area (Å²) in [7, 11) is 0. The standard InChI is InChI=1S/C30H41N3O6/c1-30(2,3)39-29(36)31-16-18-37-19-20-38-26-13-7-11-22-23(26)14-15-25(22)33-17-8-12-24(28(33)35)27(34)32-21-9-5-4-6-10-21/h7-8,11-13,17,21,25H,4-6,9-10,14-16,18-20H2,1-3H3,(H,31,36)(H,32,34). The van der Waals surface area contributed by atoms with E-state index in [0.29, 0.717) is 26.4 Å². The van der Waals surface area contributed by atoms with E-state index in [1.165, 1.54) is 6.42 Å². The number of pyridine rings is 1. The first-order chi connectivity index (χ1) is 18.7. The molecule has 39 heavy (non-hydrogen) atoms. The molecule has 1 heterocycles. The highest BCUT2D eigenvalue weighted by atomic mass is 16.6. The summed E-state index contributed by atoms with van der Waals surface area (Å²) in [5, 5.41) is 5.72. The topological polar surface area (TPSA) is 108 Å². The van der Waals surface area contributed by atoms with Gasteiger partial charge in [-0.2, -0.15) is 0 Å². The smallest absolute Gasteiger partial charge is 0.407 e. The SMILES string of the molecule is CC(C)(C)OC(=O)NCCOCCOc1cccc2c1CCC2n1cccc(C(=O)NC2CCCCC2)c1=O. The molecule has 4 rings (SSSR count). The number of fused-ring (bicyclic) bond motifs is 1. The van der Waals surface area contributed by atoms with E-state index in [1.807, 2.05) is 39.0 Å². The Morgan fingerprint density at radius 1 is 1.00 bits per heavy atom. The van der Waals surface area contributed by atoms with Crippen LogP contribution >= 0.6 is 0 Å². The van der Waals surface area contributed by atoms with Gasteiger partial charge in [-0.3, -0.25) is 9.59 Å². The number of nitrogens with one attached hydrogen (secondary N) is 2. The molecule has 0 aliphatic heterocycles. The summed E-state index contributed by atoms with van der Waals surface area (Å²) in [5.74, 6) is 0.502. The van der Waals surface area contributed by atoms with Gasteiger partial charge < -0.3 is 29.4 Å². The van der Waals surface area contributed by atoms with Crippen LogP contribution in [0.2, 0.25) is 0 Å². The van der Waals surface area contributed by atoms with E-state index in [4.69, 9.17) is 14.2 Å². The third-order valence-corrected chi connectivity index (χ3v) is 7.09.